The number of hydrogen-bond acceptors (Lipinski definition) is 7. The fourth-order valence-corrected chi connectivity index (χ4v) is 8.28. The lowest BCUT2D eigenvalue weighted by Crippen LogP contribution is -2.54. The molecule has 0 amide bonds. The van der Waals surface area contributed by atoms with Gasteiger partial charge in [0, 0.05) is 37.7 Å². The first-order valence-corrected chi connectivity index (χ1v) is 17.2. The van der Waals surface area contributed by atoms with E-state index in [0.29, 0.717) is 30.4 Å². The minimum atomic E-state index is -4.48. The number of methoxy groups -OCH3 is 2. The van der Waals surface area contributed by atoms with Crippen molar-refractivity contribution >= 4 is 21.8 Å². The summed E-state index contributed by atoms with van der Waals surface area (Å²) in [5.74, 6) is -2.05. The second-order valence-corrected chi connectivity index (χ2v) is 14.6. The molecule has 0 bridgehead atoms. The van der Waals surface area contributed by atoms with Crippen molar-refractivity contribution in [1.82, 2.24) is 9.21 Å². The maximum absolute atomic E-state index is 15.8. The number of sulfonamides is 1. The van der Waals surface area contributed by atoms with Crippen LogP contribution in [0.15, 0.2) is 89.9 Å². The molecular weight excluding hydrogens is 655 g/mol. The molecule has 0 N–H and O–H groups in total. The zero-order valence-electron chi connectivity index (χ0n) is 27.5. The zero-order chi connectivity index (χ0) is 35.1. The third-order valence-electron chi connectivity index (χ3n) is 9.14. The highest BCUT2D eigenvalue weighted by atomic mass is 32.2. The normalized spacial score (nSPS) is 20.0. The standard InChI is InChI=1S/C37H36F3N3O5S/c1-37(31-18-12-27(38)20-33(31)40)35(26-11-17-30(32(39)19-26)34(44)25-9-10-25)49(45,46)42(2)36(41-37)43(21-23-5-13-28(47-3)14-6-23)22-24-7-15-29(48-4)16-8-24/h5-8,11-20,25,35H,9-10,21-22H2,1-4H3/t35-,37-/m1/s1. The Hall–Kier alpha value is -4.84. The lowest BCUT2D eigenvalue weighted by Gasteiger charge is -2.45. The molecule has 4 aromatic rings. The number of carbonyl (C=O) groups excluding carboxylic acids is 1. The third-order valence-corrected chi connectivity index (χ3v) is 11.4. The lowest BCUT2D eigenvalue weighted by molar-refractivity contribution is 0.0963. The first-order chi connectivity index (χ1) is 23.3. The smallest absolute Gasteiger partial charge is 0.247 e. The van der Waals surface area contributed by atoms with E-state index in [2.05, 4.69) is 0 Å². The summed E-state index contributed by atoms with van der Waals surface area (Å²) < 4.78 is 86.6. The molecule has 1 saturated carbocycles. The van der Waals surface area contributed by atoms with E-state index >= 15 is 8.78 Å². The summed E-state index contributed by atoms with van der Waals surface area (Å²) >= 11 is 0. The number of rotatable bonds is 10. The molecule has 1 fully saturated rings. The number of nitrogens with zero attached hydrogens (tertiary/aromatic N) is 3. The van der Waals surface area contributed by atoms with Gasteiger partial charge in [-0.3, -0.25) is 4.79 Å². The molecule has 4 aromatic carbocycles. The Kier molecular flexibility index (Phi) is 9.19. The SMILES string of the molecule is COc1ccc(CN(Cc2ccc(OC)cc2)C2=N[C@](C)(c3ccc(F)cc3F)[C@@H](c3ccc(C(=O)C4CC4)c(F)c3)S(=O)(=O)N2C)cc1. The number of benzene rings is 4. The molecule has 2 aliphatic rings. The van der Waals surface area contributed by atoms with Crippen molar-refractivity contribution in [2.75, 3.05) is 21.3 Å². The average molecular weight is 692 g/mol. The van der Waals surface area contributed by atoms with Crippen LogP contribution in [0.25, 0.3) is 0 Å². The van der Waals surface area contributed by atoms with Gasteiger partial charge in [0.25, 0.3) is 0 Å². The van der Waals surface area contributed by atoms with Crippen molar-refractivity contribution in [2.24, 2.45) is 10.9 Å². The van der Waals surface area contributed by atoms with Crippen LogP contribution >= 0.6 is 0 Å². The number of Topliss-reactive ketones (excluding diaryl/α,β-unsaturated/α-hetero) is 1. The Morgan fingerprint density at radius 3 is 1.92 bits per heavy atom. The third kappa shape index (κ3) is 6.61. The Balaban J connectivity index is 1.52. The van der Waals surface area contributed by atoms with E-state index in [1.807, 2.05) is 24.3 Å². The molecule has 1 heterocycles. The monoisotopic (exact) mass is 691 g/mol. The Morgan fingerprint density at radius 2 is 1.43 bits per heavy atom. The van der Waals surface area contributed by atoms with Crippen LogP contribution in [0.5, 0.6) is 11.5 Å². The molecule has 2 atom stereocenters. The number of guanidine groups is 1. The molecule has 6 rings (SSSR count). The van der Waals surface area contributed by atoms with Crippen LogP contribution < -0.4 is 9.47 Å². The van der Waals surface area contributed by atoms with E-state index in [1.165, 1.54) is 26.1 Å². The van der Waals surface area contributed by atoms with E-state index in [-0.39, 0.29) is 47.4 Å². The van der Waals surface area contributed by atoms with Gasteiger partial charge in [-0.1, -0.05) is 36.4 Å². The lowest BCUT2D eigenvalue weighted by atomic mass is 9.84. The molecule has 0 saturated heterocycles. The van der Waals surface area contributed by atoms with Gasteiger partial charge < -0.3 is 14.4 Å². The van der Waals surface area contributed by atoms with Crippen LogP contribution in [0.4, 0.5) is 13.2 Å². The predicted molar refractivity (Wildman–Crippen MR) is 179 cm³/mol. The van der Waals surface area contributed by atoms with Gasteiger partial charge in [-0.25, -0.2) is 30.9 Å². The average Bonchev–Trinajstić information content (AvgIpc) is 3.92. The van der Waals surface area contributed by atoms with Gasteiger partial charge in [-0.05, 0) is 78.9 Å². The molecule has 256 valence electrons. The molecule has 0 radical (unpaired) electrons. The van der Waals surface area contributed by atoms with Crippen LogP contribution in [0.3, 0.4) is 0 Å². The van der Waals surface area contributed by atoms with Crippen molar-refractivity contribution in [1.29, 1.82) is 0 Å². The summed E-state index contributed by atoms with van der Waals surface area (Å²) in [5.41, 5.74) is -0.652. The van der Waals surface area contributed by atoms with Crippen LogP contribution in [-0.4, -0.2) is 50.6 Å². The van der Waals surface area contributed by atoms with Crippen LogP contribution in [0.2, 0.25) is 0 Å². The summed E-state index contributed by atoms with van der Waals surface area (Å²) in [7, 11) is -0.0309. The fourth-order valence-electron chi connectivity index (χ4n) is 6.33. The molecule has 0 aromatic heterocycles. The summed E-state index contributed by atoms with van der Waals surface area (Å²) in [6, 6.07) is 21.0. The van der Waals surface area contributed by atoms with Gasteiger partial charge >= 0.3 is 0 Å². The Labute approximate surface area is 283 Å². The zero-order valence-corrected chi connectivity index (χ0v) is 28.3. The summed E-state index contributed by atoms with van der Waals surface area (Å²) in [4.78, 5) is 19.4. The molecule has 1 aliphatic carbocycles. The van der Waals surface area contributed by atoms with Crippen molar-refractivity contribution in [3.8, 4) is 11.5 Å². The van der Waals surface area contributed by atoms with Crippen LogP contribution in [0.1, 0.15) is 57.6 Å². The number of ether oxygens (including phenoxy) is 2. The Bertz CT molecular complexity index is 1970. The van der Waals surface area contributed by atoms with Gasteiger partial charge in [0.05, 0.1) is 19.8 Å². The maximum Gasteiger partial charge on any atom is 0.247 e. The Morgan fingerprint density at radius 1 is 0.857 bits per heavy atom. The minimum absolute atomic E-state index is 0.00452. The second kappa shape index (κ2) is 13.2. The maximum atomic E-state index is 15.8. The number of halogens is 3. The summed E-state index contributed by atoms with van der Waals surface area (Å²) in [6.07, 6.45) is 1.34. The van der Waals surface area contributed by atoms with Crippen LogP contribution in [-0.2, 0) is 28.7 Å². The van der Waals surface area contributed by atoms with Gasteiger partial charge in [0.2, 0.25) is 16.0 Å². The largest absolute Gasteiger partial charge is 0.497 e. The molecule has 1 aliphatic heterocycles. The van der Waals surface area contributed by atoms with Gasteiger partial charge in [-0.15, -0.1) is 0 Å². The van der Waals surface area contributed by atoms with Crippen molar-refractivity contribution in [3.05, 3.63) is 130 Å². The van der Waals surface area contributed by atoms with E-state index in [1.54, 1.807) is 43.4 Å². The molecular formula is C37H36F3N3O5S. The highest BCUT2D eigenvalue weighted by molar-refractivity contribution is 7.90. The van der Waals surface area contributed by atoms with E-state index < -0.39 is 38.3 Å². The molecule has 0 unspecified atom stereocenters. The van der Waals surface area contributed by atoms with Crippen molar-refractivity contribution < 1.29 is 35.9 Å². The van der Waals surface area contributed by atoms with E-state index in [0.717, 1.165) is 33.6 Å². The fraction of sp³-hybridized carbons (Fsp3) is 0.297. The highest BCUT2D eigenvalue weighted by Gasteiger charge is 2.54. The molecule has 49 heavy (non-hydrogen) atoms. The van der Waals surface area contributed by atoms with E-state index in [4.69, 9.17) is 14.5 Å². The molecule has 12 heteroatoms. The van der Waals surface area contributed by atoms with Gasteiger partial charge in [0.15, 0.2) is 5.78 Å². The highest BCUT2D eigenvalue weighted by Crippen LogP contribution is 2.49. The van der Waals surface area contributed by atoms with Gasteiger partial charge in [0.1, 0.15) is 39.7 Å². The number of hydrogen-bond donors (Lipinski definition) is 0. The van der Waals surface area contributed by atoms with E-state index in [9.17, 15) is 17.6 Å². The summed E-state index contributed by atoms with van der Waals surface area (Å²) in [5, 5.41) is -1.64. The van der Waals surface area contributed by atoms with Crippen molar-refractivity contribution in [3.63, 3.8) is 0 Å². The quantitative estimate of drug-likeness (QED) is 0.167. The molecule has 8 nitrogen and oxygen atoms in total. The second-order valence-electron chi connectivity index (χ2n) is 12.5. The minimum Gasteiger partial charge on any atom is -0.497 e. The topological polar surface area (TPSA) is 88.5 Å². The first-order valence-electron chi connectivity index (χ1n) is 15.7. The van der Waals surface area contributed by atoms with Crippen molar-refractivity contribution in [2.45, 2.75) is 43.6 Å². The first kappa shape index (κ1) is 34.0. The number of aliphatic imine (C=N–C) groups is 1. The van der Waals surface area contributed by atoms with Crippen LogP contribution in [0, 0.1) is 23.4 Å². The summed E-state index contributed by atoms with van der Waals surface area (Å²) in [6.45, 7) is 1.82. The predicted octanol–water partition coefficient (Wildman–Crippen LogP) is 7.00. The number of ketones is 1. The van der Waals surface area contributed by atoms with Gasteiger partial charge in [-0.2, -0.15) is 0 Å². The molecule has 0 spiro atoms. The number of carbonyl (C=O) groups is 1.